The molecular formula is C58H113NO5. The Morgan fingerprint density at radius 3 is 1.11 bits per heavy atom. The van der Waals surface area contributed by atoms with Gasteiger partial charge in [-0.3, -0.25) is 9.59 Å². The number of rotatable bonds is 54. The maximum absolute atomic E-state index is 12.5. The molecule has 0 aromatic carbocycles. The van der Waals surface area contributed by atoms with Gasteiger partial charge < -0.3 is 20.3 Å². The van der Waals surface area contributed by atoms with Crippen LogP contribution < -0.4 is 5.32 Å². The van der Waals surface area contributed by atoms with Crippen molar-refractivity contribution in [3.8, 4) is 0 Å². The second kappa shape index (κ2) is 54.2. The van der Waals surface area contributed by atoms with Crippen molar-refractivity contribution < 1.29 is 24.5 Å². The molecule has 6 nitrogen and oxygen atoms in total. The first kappa shape index (κ1) is 62.6. The van der Waals surface area contributed by atoms with Crippen molar-refractivity contribution in [2.45, 2.75) is 334 Å². The van der Waals surface area contributed by atoms with Crippen molar-refractivity contribution in [3.63, 3.8) is 0 Å². The lowest BCUT2D eigenvalue weighted by Crippen LogP contribution is -2.45. The summed E-state index contributed by atoms with van der Waals surface area (Å²) in [6.07, 6.45) is 63.4. The van der Waals surface area contributed by atoms with E-state index in [0.717, 1.165) is 44.9 Å². The Balaban J connectivity index is 3.38. The van der Waals surface area contributed by atoms with Gasteiger partial charge in [-0.1, -0.05) is 270 Å². The number of ether oxygens (including phenoxy) is 1. The first-order chi connectivity index (χ1) is 31.5. The average molecular weight is 905 g/mol. The van der Waals surface area contributed by atoms with Crippen molar-refractivity contribution in [2.24, 2.45) is 0 Å². The summed E-state index contributed by atoms with van der Waals surface area (Å²) in [5.41, 5.74) is 0. The fourth-order valence-corrected chi connectivity index (χ4v) is 9.11. The Bertz CT molecular complexity index is 955. The van der Waals surface area contributed by atoms with Gasteiger partial charge in [0.25, 0.3) is 0 Å². The van der Waals surface area contributed by atoms with Crippen LogP contribution in [0.2, 0.25) is 0 Å². The number of carbonyl (C=O) groups is 2. The molecule has 3 N–H and O–H groups in total. The van der Waals surface area contributed by atoms with Crippen molar-refractivity contribution in [3.05, 3.63) is 12.2 Å². The molecule has 0 heterocycles. The molecule has 0 spiro atoms. The summed E-state index contributed by atoms with van der Waals surface area (Å²) in [6, 6.07) is -0.542. The van der Waals surface area contributed by atoms with Gasteiger partial charge in [0.2, 0.25) is 5.91 Å². The quantitative estimate of drug-likeness (QED) is 0.0321. The van der Waals surface area contributed by atoms with Crippen LogP contribution in [-0.4, -0.2) is 47.4 Å². The fourth-order valence-electron chi connectivity index (χ4n) is 9.11. The van der Waals surface area contributed by atoms with E-state index in [-0.39, 0.29) is 18.5 Å². The highest BCUT2D eigenvalue weighted by molar-refractivity contribution is 5.76. The van der Waals surface area contributed by atoms with Gasteiger partial charge in [-0.15, -0.1) is 0 Å². The Kier molecular flexibility index (Phi) is 53.0. The lowest BCUT2D eigenvalue weighted by atomic mass is 10.0. The van der Waals surface area contributed by atoms with Gasteiger partial charge in [0, 0.05) is 12.8 Å². The standard InChI is InChI=1S/C58H113NO5/c1-3-5-7-9-11-13-15-17-23-28-32-36-40-44-48-52-58(63)64-53-49-45-41-37-33-29-25-22-20-18-19-21-24-27-31-35-39-43-47-51-57(62)59-55(54-60)56(61)50-46-42-38-34-30-26-16-14-12-10-8-6-4-2/h17,23,55-56,60-61H,3-16,18-22,24-54H2,1-2H3,(H,59,62)/b23-17-. The van der Waals surface area contributed by atoms with Gasteiger partial charge in [-0.2, -0.15) is 0 Å². The molecule has 0 radical (unpaired) electrons. The van der Waals surface area contributed by atoms with E-state index in [4.69, 9.17) is 4.74 Å². The first-order valence-corrected chi connectivity index (χ1v) is 28.9. The normalized spacial score (nSPS) is 12.6. The predicted octanol–water partition coefficient (Wildman–Crippen LogP) is 17.7. The average Bonchev–Trinajstić information content (AvgIpc) is 3.29. The third kappa shape index (κ3) is 50.0. The maximum Gasteiger partial charge on any atom is 0.305 e. The van der Waals surface area contributed by atoms with E-state index in [1.54, 1.807) is 0 Å². The summed E-state index contributed by atoms with van der Waals surface area (Å²) in [5, 5.41) is 23.2. The van der Waals surface area contributed by atoms with Crippen LogP contribution in [0, 0.1) is 0 Å². The van der Waals surface area contributed by atoms with Crippen molar-refractivity contribution in [1.29, 1.82) is 0 Å². The van der Waals surface area contributed by atoms with Gasteiger partial charge in [0.1, 0.15) is 0 Å². The van der Waals surface area contributed by atoms with Gasteiger partial charge in [0.15, 0.2) is 0 Å². The van der Waals surface area contributed by atoms with Gasteiger partial charge in [0.05, 0.1) is 25.4 Å². The molecule has 1 amide bonds. The zero-order valence-corrected chi connectivity index (χ0v) is 43.3. The lowest BCUT2D eigenvalue weighted by Gasteiger charge is -2.22. The molecule has 0 fully saturated rings. The number of hydrogen-bond acceptors (Lipinski definition) is 5. The van der Waals surface area contributed by atoms with Crippen LogP contribution in [0.1, 0.15) is 322 Å². The van der Waals surface area contributed by atoms with Crippen LogP contribution in [0.4, 0.5) is 0 Å². The Morgan fingerprint density at radius 1 is 0.422 bits per heavy atom. The number of carbonyl (C=O) groups excluding carboxylic acids is 2. The molecule has 6 heteroatoms. The third-order valence-electron chi connectivity index (χ3n) is 13.6. The zero-order chi connectivity index (χ0) is 46.5. The van der Waals surface area contributed by atoms with Crippen LogP contribution in [0.15, 0.2) is 12.2 Å². The van der Waals surface area contributed by atoms with Crippen LogP contribution in [-0.2, 0) is 14.3 Å². The fraction of sp³-hybridized carbons (Fsp3) is 0.931. The van der Waals surface area contributed by atoms with Crippen LogP contribution in [0.3, 0.4) is 0 Å². The molecule has 0 rings (SSSR count). The Hall–Kier alpha value is -1.40. The van der Waals surface area contributed by atoms with E-state index in [2.05, 4.69) is 31.3 Å². The smallest absolute Gasteiger partial charge is 0.305 e. The maximum atomic E-state index is 12.5. The van der Waals surface area contributed by atoms with E-state index in [0.29, 0.717) is 25.9 Å². The lowest BCUT2D eigenvalue weighted by molar-refractivity contribution is -0.143. The summed E-state index contributed by atoms with van der Waals surface area (Å²) in [4.78, 5) is 24.5. The van der Waals surface area contributed by atoms with Crippen molar-refractivity contribution in [2.75, 3.05) is 13.2 Å². The minimum absolute atomic E-state index is 0.00161. The highest BCUT2D eigenvalue weighted by Crippen LogP contribution is 2.17. The molecule has 2 atom stereocenters. The number of aliphatic hydroxyl groups is 2. The van der Waals surface area contributed by atoms with Gasteiger partial charge in [-0.05, 0) is 51.4 Å². The van der Waals surface area contributed by atoms with Gasteiger partial charge in [-0.25, -0.2) is 0 Å². The molecule has 0 aliphatic carbocycles. The summed E-state index contributed by atoms with van der Waals surface area (Å²) in [7, 11) is 0. The minimum Gasteiger partial charge on any atom is -0.466 e. The number of hydrogen-bond donors (Lipinski definition) is 3. The molecule has 0 aliphatic heterocycles. The molecule has 0 aromatic rings. The number of nitrogens with one attached hydrogen (secondary N) is 1. The van der Waals surface area contributed by atoms with Crippen molar-refractivity contribution in [1.82, 2.24) is 5.32 Å². The topological polar surface area (TPSA) is 95.9 Å². The molecule has 380 valence electrons. The molecule has 64 heavy (non-hydrogen) atoms. The highest BCUT2D eigenvalue weighted by Gasteiger charge is 2.20. The molecule has 0 bridgehead atoms. The Morgan fingerprint density at radius 2 is 0.734 bits per heavy atom. The SMILES string of the molecule is CCCCCCCC/C=C\CCCCCCCC(=O)OCCCCCCCCCCCCCCCCCCCCCC(=O)NC(CO)C(O)CCCCCCCCCCCCCCC. The Labute approximate surface area is 399 Å². The summed E-state index contributed by atoms with van der Waals surface area (Å²) in [6.45, 7) is 4.95. The summed E-state index contributed by atoms with van der Waals surface area (Å²) >= 11 is 0. The monoisotopic (exact) mass is 904 g/mol. The molecule has 2 unspecified atom stereocenters. The molecular weight excluding hydrogens is 791 g/mol. The molecule has 0 saturated carbocycles. The number of allylic oxidation sites excluding steroid dienone is 2. The van der Waals surface area contributed by atoms with E-state index in [9.17, 15) is 19.8 Å². The predicted molar refractivity (Wildman–Crippen MR) is 278 cm³/mol. The molecule has 0 aliphatic rings. The van der Waals surface area contributed by atoms with E-state index >= 15 is 0 Å². The molecule has 0 aromatic heterocycles. The molecule has 0 saturated heterocycles. The van der Waals surface area contributed by atoms with Gasteiger partial charge >= 0.3 is 5.97 Å². The second-order valence-electron chi connectivity index (χ2n) is 20.0. The van der Waals surface area contributed by atoms with E-state index in [1.165, 1.54) is 244 Å². The van der Waals surface area contributed by atoms with Crippen LogP contribution >= 0.6 is 0 Å². The number of unbranched alkanes of at least 4 members (excludes halogenated alkanes) is 41. The summed E-state index contributed by atoms with van der Waals surface area (Å²) < 4.78 is 5.48. The van der Waals surface area contributed by atoms with Crippen LogP contribution in [0.5, 0.6) is 0 Å². The third-order valence-corrected chi connectivity index (χ3v) is 13.6. The summed E-state index contributed by atoms with van der Waals surface area (Å²) in [5.74, 6) is -0.0352. The minimum atomic E-state index is -0.665. The highest BCUT2D eigenvalue weighted by atomic mass is 16.5. The second-order valence-corrected chi connectivity index (χ2v) is 20.0. The largest absolute Gasteiger partial charge is 0.466 e. The van der Waals surface area contributed by atoms with Crippen molar-refractivity contribution >= 4 is 11.9 Å². The van der Waals surface area contributed by atoms with E-state index < -0.39 is 12.1 Å². The van der Waals surface area contributed by atoms with E-state index in [1.807, 2.05) is 0 Å². The number of aliphatic hydroxyl groups excluding tert-OH is 2. The first-order valence-electron chi connectivity index (χ1n) is 28.9. The zero-order valence-electron chi connectivity index (χ0n) is 43.3. The number of amides is 1. The van der Waals surface area contributed by atoms with Crippen LogP contribution in [0.25, 0.3) is 0 Å². The number of esters is 1.